The van der Waals surface area contributed by atoms with Crippen LogP contribution in [0, 0.1) is 12.3 Å². The van der Waals surface area contributed by atoms with Gasteiger partial charge in [-0.25, -0.2) is 4.98 Å². The normalized spacial score (nSPS) is 20.1. The molecule has 1 unspecified atom stereocenters. The van der Waals surface area contributed by atoms with Crippen LogP contribution in [0.3, 0.4) is 0 Å². The minimum Gasteiger partial charge on any atom is -0.343 e. The lowest BCUT2D eigenvalue weighted by Crippen LogP contribution is -2.37. The summed E-state index contributed by atoms with van der Waals surface area (Å²) < 4.78 is 0. The Morgan fingerprint density at radius 3 is 2.59 bits per heavy atom. The molecule has 1 aliphatic heterocycles. The molecule has 0 amide bonds. The van der Waals surface area contributed by atoms with E-state index in [0.717, 1.165) is 41.0 Å². The highest BCUT2D eigenvalue weighted by Gasteiger charge is 2.42. The fourth-order valence-corrected chi connectivity index (χ4v) is 4.97. The molecule has 4 rings (SSSR count). The predicted molar refractivity (Wildman–Crippen MR) is 118 cm³/mol. The van der Waals surface area contributed by atoms with Crippen molar-refractivity contribution in [2.45, 2.75) is 58.0 Å². The zero-order valence-electron chi connectivity index (χ0n) is 17.4. The van der Waals surface area contributed by atoms with Gasteiger partial charge in [-0.15, -0.1) is 0 Å². The molecule has 152 valence electrons. The fourth-order valence-electron chi connectivity index (χ4n) is 4.25. The van der Waals surface area contributed by atoms with Gasteiger partial charge in [0.25, 0.3) is 5.56 Å². The number of allylic oxidation sites excluding steroid dienone is 2. The Kier molecular flexibility index (Phi) is 5.15. The van der Waals surface area contributed by atoms with Crippen LogP contribution >= 0.6 is 11.8 Å². The Bertz CT molecular complexity index is 1050. The Hall–Kier alpha value is -2.34. The second-order valence-corrected chi connectivity index (χ2v) is 9.87. The van der Waals surface area contributed by atoms with Crippen molar-refractivity contribution in [3.05, 3.63) is 62.6 Å². The number of aromatic amines is 1. The van der Waals surface area contributed by atoms with E-state index >= 15 is 0 Å². The summed E-state index contributed by atoms with van der Waals surface area (Å²) in [5, 5.41) is 3.99. The van der Waals surface area contributed by atoms with Crippen molar-refractivity contribution in [2.75, 3.05) is 11.1 Å². The van der Waals surface area contributed by atoms with Crippen molar-refractivity contribution >= 4 is 23.4 Å². The predicted octanol–water partition coefficient (Wildman–Crippen LogP) is 4.78. The monoisotopic (exact) mass is 409 g/mol. The number of nitrogens with zero attached hydrogens (tertiary/aromatic N) is 1. The number of aryl methyl sites for hydroxylation is 1. The number of aromatic nitrogens is 2. The topological polar surface area (TPSA) is 74.8 Å². The van der Waals surface area contributed by atoms with Crippen molar-refractivity contribution in [3.63, 3.8) is 0 Å². The summed E-state index contributed by atoms with van der Waals surface area (Å²) in [5.74, 6) is 1.21. The van der Waals surface area contributed by atoms with Gasteiger partial charge in [0, 0.05) is 29.4 Å². The lowest BCUT2D eigenvalue weighted by Gasteiger charge is -2.38. The van der Waals surface area contributed by atoms with Gasteiger partial charge < -0.3 is 10.3 Å². The summed E-state index contributed by atoms with van der Waals surface area (Å²) in [6.07, 6.45) is 2.26. The van der Waals surface area contributed by atoms with E-state index in [2.05, 4.69) is 31.1 Å². The van der Waals surface area contributed by atoms with Crippen LogP contribution in [-0.4, -0.2) is 21.5 Å². The molecule has 1 aromatic heterocycles. The molecule has 2 N–H and O–H groups in total. The number of Topliss-reactive ketones (excluding diaryl/α,β-unsaturated/α-hetero) is 1. The average molecular weight is 410 g/mol. The Balaban J connectivity index is 1.91. The van der Waals surface area contributed by atoms with Gasteiger partial charge in [0.05, 0.1) is 5.56 Å². The summed E-state index contributed by atoms with van der Waals surface area (Å²) in [6, 6.07) is 8.10. The highest BCUT2D eigenvalue weighted by atomic mass is 32.2. The molecule has 2 aromatic rings. The maximum Gasteiger partial charge on any atom is 0.257 e. The van der Waals surface area contributed by atoms with Gasteiger partial charge in [-0.1, -0.05) is 62.4 Å². The van der Waals surface area contributed by atoms with Gasteiger partial charge in [0.2, 0.25) is 0 Å². The molecule has 6 heteroatoms. The van der Waals surface area contributed by atoms with Gasteiger partial charge in [-0.3, -0.25) is 9.59 Å². The number of benzene rings is 1. The van der Waals surface area contributed by atoms with E-state index in [1.54, 1.807) is 11.8 Å². The average Bonchev–Trinajstić information content (AvgIpc) is 2.64. The number of carbonyl (C=O) groups excluding carboxylic acids is 1. The Morgan fingerprint density at radius 2 is 1.90 bits per heavy atom. The molecule has 1 aliphatic carbocycles. The first kappa shape index (κ1) is 20.0. The lowest BCUT2D eigenvalue weighted by atomic mass is 9.69. The van der Waals surface area contributed by atoms with E-state index in [9.17, 15) is 9.59 Å². The van der Waals surface area contributed by atoms with E-state index in [1.807, 2.05) is 31.2 Å². The third-order valence-corrected chi connectivity index (χ3v) is 6.63. The number of H-pyrrole nitrogens is 1. The summed E-state index contributed by atoms with van der Waals surface area (Å²) in [5.41, 5.74) is 4.00. The number of anilines is 1. The Morgan fingerprint density at radius 1 is 1.17 bits per heavy atom. The molecule has 0 spiro atoms. The summed E-state index contributed by atoms with van der Waals surface area (Å²) in [6.45, 7) is 8.35. The molecular formula is C23H27N3O2S. The van der Waals surface area contributed by atoms with Gasteiger partial charge in [-0.2, -0.15) is 0 Å². The van der Waals surface area contributed by atoms with Crippen molar-refractivity contribution in [3.8, 4) is 0 Å². The molecule has 0 fully saturated rings. The standard InChI is InChI=1S/C23H27N3O2S/c1-5-10-29-22-25-20-19(21(28)26-22)17(14-8-6-13(2)7-9-14)18-15(24-20)11-23(3,4)12-16(18)27/h6-9,17H,5,10-12H2,1-4H3,(H2,24,25,26,28). The lowest BCUT2D eigenvalue weighted by molar-refractivity contribution is -0.118. The van der Waals surface area contributed by atoms with Crippen LogP contribution in [-0.2, 0) is 4.79 Å². The minimum atomic E-state index is -0.382. The molecule has 1 atom stereocenters. The first-order valence-electron chi connectivity index (χ1n) is 10.2. The SMILES string of the molecule is CCCSc1nc2c(c(=O)[nH]1)C(c1ccc(C)cc1)C1=C(CC(C)(C)CC1=O)N2. The second kappa shape index (κ2) is 7.48. The van der Waals surface area contributed by atoms with Crippen LogP contribution in [0.5, 0.6) is 0 Å². The first-order chi connectivity index (χ1) is 13.8. The number of fused-ring (bicyclic) bond motifs is 1. The number of thioether (sulfide) groups is 1. The molecule has 1 aromatic carbocycles. The van der Waals surface area contributed by atoms with Crippen molar-refractivity contribution in [1.82, 2.24) is 9.97 Å². The quantitative estimate of drug-likeness (QED) is 0.561. The number of nitrogens with one attached hydrogen (secondary N) is 2. The number of ketones is 1. The molecule has 5 nitrogen and oxygen atoms in total. The zero-order chi connectivity index (χ0) is 20.8. The third-order valence-electron chi connectivity index (χ3n) is 5.55. The Labute approximate surface area is 175 Å². The van der Waals surface area contributed by atoms with Gasteiger partial charge >= 0.3 is 0 Å². The summed E-state index contributed by atoms with van der Waals surface area (Å²) in [7, 11) is 0. The summed E-state index contributed by atoms with van der Waals surface area (Å²) >= 11 is 1.55. The number of rotatable bonds is 4. The van der Waals surface area contributed by atoms with Crippen LogP contribution in [0.4, 0.5) is 5.82 Å². The van der Waals surface area contributed by atoms with Crippen molar-refractivity contribution < 1.29 is 4.79 Å². The molecule has 0 bridgehead atoms. The van der Waals surface area contributed by atoms with Crippen LogP contribution in [0.15, 0.2) is 45.5 Å². The fraction of sp³-hybridized carbons (Fsp3) is 0.435. The maximum atomic E-state index is 13.2. The third kappa shape index (κ3) is 3.78. The molecule has 2 aliphatic rings. The van der Waals surface area contributed by atoms with Crippen LogP contribution < -0.4 is 10.9 Å². The van der Waals surface area contributed by atoms with E-state index < -0.39 is 0 Å². The van der Waals surface area contributed by atoms with E-state index in [0.29, 0.717) is 23.0 Å². The van der Waals surface area contributed by atoms with Crippen molar-refractivity contribution in [2.24, 2.45) is 5.41 Å². The molecule has 0 saturated carbocycles. The smallest absolute Gasteiger partial charge is 0.257 e. The minimum absolute atomic E-state index is 0.112. The molecule has 0 saturated heterocycles. The van der Waals surface area contributed by atoms with Crippen LogP contribution in [0.25, 0.3) is 0 Å². The zero-order valence-corrected chi connectivity index (χ0v) is 18.2. The van der Waals surface area contributed by atoms with E-state index in [1.165, 1.54) is 0 Å². The molecule has 0 radical (unpaired) electrons. The highest BCUT2D eigenvalue weighted by Crippen LogP contribution is 2.47. The van der Waals surface area contributed by atoms with Crippen LogP contribution in [0.1, 0.15) is 62.6 Å². The first-order valence-corrected chi connectivity index (χ1v) is 11.1. The van der Waals surface area contributed by atoms with Gasteiger partial charge in [0.15, 0.2) is 10.9 Å². The van der Waals surface area contributed by atoms with Crippen LogP contribution in [0.2, 0.25) is 0 Å². The largest absolute Gasteiger partial charge is 0.343 e. The maximum absolute atomic E-state index is 13.2. The second-order valence-electron chi connectivity index (χ2n) is 8.78. The van der Waals surface area contributed by atoms with Gasteiger partial charge in [0.1, 0.15) is 5.82 Å². The highest BCUT2D eigenvalue weighted by molar-refractivity contribution is 7.99. The van der Waals surface area contributed by atoms with E-state index in [4.69, 9.17) is 4.98 Å². The molecule has 2 heterocycles. The van der Waals surface area contributed by atoms with Gasteiger partial charge in [-0.05, 0) is 30.7 Å². The van der Waals surface area contributed by atoms with Crippen molar-refractivity contribution in [1.29, 1.82) is 0 Å². The molecule has 29 heavy (non-hydrogen) atoms. The summed E-state index contributed by atoms with van der Waals surface area (Å²) in [4.78, 5) is 34.0. The molecular weight excluding hydrogens is 382 g/mol. The number of hydrogen-bond donors (Lipinski definition) is 2. The number of hydrogen-bond acceptors (Lipinski definition) is 5. The number of carbonyl (C=O) groups is 1. The van der Waals surface area contributed by atoms with E-state index in [-0.39, 0.29) is 22.7 Å².